The Labute approximate surface area is 88.5 Å². The van der Waals surface area contributed by atoms with Crippen LogP contribution in [0.2, 0.25) is 10.0 Å². The molecule has 0 fully saturated rings. The van der Waals surface area contributed by atoms with Crippen LogP contribution in [-0.2, 0) is 0 Å². The molecule has 2 rings (SSSR count). The zero-order valence-electron chi connectivity index (χ0n) is 6.71. The number of H-pyrrole nitrogens is 1. The van der Waals surface area contributed by atoms with Crippen LogP contribution in [0.1, 0.15) is 10.6 Å². The number of benzene rings is 1. The molecule has 0 saturated carbocycles. The van der Waals surface area contributed by atoms with Gasteiger partial charge in [0.2, 0.25) is 5.82 Å². The largest absolute Gasteiger partial charge is 0.475 e. The predicted octanol–water partition coefficient (Wildman–Crippen LogP) is 2.57. The lowest BCUT2D eigenvalue weighted by Gasteiger charge is -1.93. The molecule has 72 valence electrons. The van der Waals surface area contributed by atoms with Gasteiger partial charge in [-0.2, -0.15) is 0 Å². The fourth-order valence-corrected chi connectivity index (χ4v) is 1.48. The average molecular weight is 231 g/mol. The third-order valence-corrected chi connectivity index (χ3v) is 2.54. The fraction of sp³-hybridized carbons (Fsp3) is 0. The van der Waals surface area contributed by atoms with Gasteiger partial charge in [0.15, 0.2) is 0 Å². The summed E-state index contributed by atoms with van der Waals surface area (Å²) in [5, 5.41) is 9.28. The number of fused-ring (bicyclic) bond motifs is 1. The molecular formula is C8H4Cl2N2O2. The normalized spacial score (nSPS) is 10.7. The van der Waals surface area contributed by atoms with Gasteiger partial charge in [-0.15, -0.1) is 0 Å². The van der Waals surface area contributed by atoms with Crippen molar-refractivity contribution in [2.75, 3.05) is 0 Å². The Bertz CT molecular complexity index is 521. The van der Waals surface area contributed by atoms with Gasteiger partial charge in [0.1, 0.15) is 5.52 Å². The highest BCUT2D eigenvalue weighted by Gasteiger charge is 2.12. The lowest BCUT2D eigenvalue weighted by atomic mass is 10.3. The minimum atomic E-state index is -1.13. The van der Waals surface area contributed by atoms with Crippen molar-refractivity contribution < 1.29 is 9.90 Å². The average Bonchev–Trinajstić information content (AvgIpc) is 2.56. The molecule has 14 heavy (non-hydrogen) atoms. The number of aromatic carboxylic acids is 1. The summed E-state index contributed by atoms with van der Waals surface area (Å²) in [6.45, 7) is 0. The van der Waals surface area contributed by atoms with Crippen molar-refractivity contribution in [2.45, 2.75) is 0 Å². The van der Waals surface area contributed by atoms with E-state index in [1.165, 1.54) is 0 Å². The standard InChI is InChI=1S/C8H4Cl2N2O2/c9-3-1-2-4-6(5(3)10)12-7(11-4)8(13)14/h1-2H,(H,11,12)(H,13,14). The monoisotopic (exact) mass is 230 g/mol. The number of carboxylic acid groups (broad SMARTS) is 1. The molecule has 1 heterocycles. The maximum Gasteiger partial charge on any atom is 0.371 e. The van der Waals surface area contributed by atoms with Crippen molar-refractivity contribution in [3.05, 3.63) is 28.0 Å². The number of imidazole rings is 1. The lowest BCUT2D eigenvalue weighted by molar-refractivity contribution is 0.0685. The number of aromatic amines is 1. The van der Waals surface area contributed by atoms with Gasteiger partial charge in [-0.3, -0.25) is 0 Å². The van der Waals surface area contributed by atoms with E-state index in [9.17, 15) is 4.79 Å². The zero-order valence-corrected chi connectivity index (χ0v) is 8.23. The van der Waals surface area contributed by atoms with Gasteiger partial charge in [-0.1, -0.05) is 23.2 Å². The topological polar surface area (TPSA) is 66.0 Å². The molecule has 0 radical (unpaired) electrons. The first-order chi connectivity index (χ1) is 6.59. The van der Waals surface area contributed by atoms with E-state index in [0.29, 0.717) is 16.1 Å². The van der Waals surface area contributed by atoms with Crippen molar-refractivity contribution in [1.29, 1.82) is 0 Å². The molecular weight excluding hydrogens is 227 g/mol. The molecule has 0 saturated heterocycles. The molecule has 0 aliphatic heterocycles. The molecule has 2 N–H and O–H groups in total. The molecule has 0 amide bonds. The van der Waals surface area contributed by atoms with Crippen LogP contribution in [0, 0.1) is 0 Å². The molecule has 0 unspecified atom stereocenters. The second-order valence-corrected chi connectivity index (χ2v) is 3.43. The summed E-state index contributed by atoms with van der Waals surface area (Å²) in [5.74, 6) is -1.28. The molecule has 0 spiro atoms. The van der Waals surface area contributed by atoms with Crippen molar-refractivity contribution in [3.8, 4) is 0 Å². The van der Waals surface area contributed by atoms with Gasteiger partial charge in [-0.05, 0) is 12.1 Å². The molecule has 0 bridgehead atoms. The molecule has 1 aromatic carbocycles. The van der Waals surface area contributed by atoms with Crippen molar-refractivity contribution in [1.82, 2.24) is 9.97 Å². The molecule has 0 aliphatic carbocycles. The van der Waals surface area contributed by atoms with Gasteiger partial charge >= 0.3 is 5.97 Å². The highest BCUT2D eigenvalue weighted by Crippen LogP contribution is 2.28. The first kappa shape index (κ1) is 9.30. The van der Waals surface area contributed by atoms with E-state index in [4.69, 9.17) is 28.3 Å². The number of hydrogen-bond donors (Lipinski definition) is 2. The molecule has 2 aromatic rings. The number of aromatic nitrogens is 2. The number of nitrogens with zero attached hydrogens (tertiary/aromatic N) is 1. The van der Waals surface area contributed by atoms with Crippen LogP contribution in [0.3, 0.4) is 0 Å². The van der Waals surface area contributed by atoms with Gasteiger partial charge in [0.25, 0.3) is 0 Å². The van der Waals surface area contributed by atoms with Crippen molar-refractivity contribution in [3.63, 3.8) is 0 Å². The van der Waals surface area contributed by atoms with E-state index in [0.717, 1.165) is 0 Å². The first-order valence-electron chi connectivity index (χ1n) is 3.66. The minimum absolute atomic E-state index is 0.149. The Balaban J connectivity index is 2.77. The summed E-state index contributed by atoms with van der Waals surface area (Å²) in [4.78, 5) is 17.0. The SMILES string of the molecule is O=C(O)c1nc2c(Cl)c(Cl)ccc2[nH]1. The Morgan fingerprint density at radius 2 is 2.14 bits per heavy atom. The summed E-state index contributed by atoms with van der Waals surface area (Å²) in [6.07, 6.45) is 0. The number of hydrogen-bond acceptors (Lipinski definition) is 2. The van der Waals surface area contributed by atoms with E-state index in [1.807, 2.05) is 0 Å². The summed E-state index contributed by atoms with van der Waals surface area (Å²) in [7, 11) is 0. The van der Waals surface area contributed by atoms with Gasteiger partial charge in [-0.25, -0.2) is 9.78 Å². The quantitative estimate of drug-likeness (QED) is 0.792. The van der Waals surface area contributed by atoms with E-state index < -0.39 is 5.97 Å². The van der Waals surface area contributed by atoms with E-state index >= 15 is 0 Å². The fourth-order valence-electron chi connectivity index (χ4n) is 1.12. The molecule has 6 heteroatoms. The van der Waals surface area contributed by atoms with Gasteiger partial charge in [0.05, 0.1) is 15.6 Å². The number of nitrogens with one attached hydrogen (secondary N) is 1. The van der Waals surface area contributed by atoms with Crippen LogP contribution >= 0.6 is 23.2 Å². The second-order valence-electron chi connectivity index (χ2n) is 2.65. The minimum Gasteiger partial charge on any atom is -0.475 e. The maximum absolute atomic E-state index is 10.6. The molecule has 0 atom stereocenters. The Kier molecular flexibility index (Phi) is 2.09. The van der Waals surface area contributed by atoms with E-state index in [-0.39, 0.29) is 10.8 Å². The number of halogens is 2. The maximum atomic E-state index is 10.6. The van der Waals surface area contributed by atoms with Crippen LogP contribution in [0.4, 0.5) is 0 Å². The second kappa shape index (κ2) is 3.15. The van der Waals surface area contributed by atoms with Crippen LogP contribution in [-0.4, -0.2) is 21.0 Å². The van der Waals surface area contributed by atoms with Gasteiger partial charge < -0.3 is 10.1 Å². The van der Waals surface area contributed by atoms with Crippen LogP contribution in [0.5, 0.6) is 0 Å². The first-order valence-corrected chi connectivity index (χ1v) is 4.42. The summed E-state index contributed by atoms with van der Waals surface area (Å²) >= 11 is 11.6. The number of carboxylic acids is 1. The third-order valence-electron chi connectivity index (χ3n) is 1.75. The number of carbonyl (C=O) groups is 1. The Hall–Kier alpha value is -1.26. The molecule has 0 aliphatic rings. The van der Waals surface area contributed by atoms with Crippen LogP contribution in [0.15, 0.2) is 12.1 Å². The smallest absolute Gasteiger partial charge is 0.371 e. The summed E-state index contributed by atoms with van der Waals surface area (Å²) in [6, 6.07) is 3.21. The number of rotatable bonds is 1. The van der Waals surface area contributed by atoms with Crippen LogP contribution in [0.25, 0.3) is 11.0 Å². The third kappa shape index (κ3) is 1.32. The molecule has 1 aromatic heterocycles. The molecule has 4 nitrogen and oxygen atoms in total. The van der Waals surface area contributed by atoms with Crippen LogP contribution < -0.4 is 0 Å². The highest BCUT2D eigenvalue weighted by molar-refractivity contribution is 6.44. The van der Waals surface area contributed by atoms with E-state index in [1.54, 1.807) is 12.1 Å². The lowest BCUT2D eigenvalue weighted by Crippen LogP contribution is -1.97. The Morgan fingerprint density at radius 3 is 2.79 bits per heavy atom. The van der Waals surface area contributed by atoms with Crippen molar-refractivity contribution in [2.24, 2.45) is 0 Å². The van der Waals surface area contributed by atoms with E-state index in [2.05, 4.69) is 9.97 Å². The Morgan fingerprint density at radius 1 is 1.43 bits per heavy atom. The predicted molar refractivity (Wildman–Crippen MR) is 53.1 cm³/mol. The highest BCUT2D eigenvalue weighted by atomic mass is 35.5. The van der Waals surface area contributed by atoms with Gasteiger partial charge in [0, 0.05) is 0 Å². The van der Waals surface area contributed by atoms with Crippen molar-refractivity contribution >= 4 is 40.2 Å². The zero-order chi connectivity index (χ0) is 10.3. The summed E-state index contributed by atoms with van der Waals surface area (Å²) in [5.41, 5.74) is 0.924. The summed E-state index contributed by atoms with van der Waals surface area (Å²) < 4.78 is 0.